The standard InChI is InChI=1S/C15H21N3/c1-4-9-16-11(2)10-15-14-8-6-5-7-13(14)12(3)17-18-15/h5-8,11,16H,4,9-10H2,1-3H3. The Morgan fingerprint density at radius 3 is 2.61 bits per heavy atom. The first-order valence-corrected chi connectivity index (χ1v) is 6.66. The molecule has 3 nitrogen and oxygen atoms in total. The van der Waals surface area contributed by atoms with E-state index >= 15 is 0 Å². The average Bonchev–Trinajstić information content (AvgIpc) is 2.40. The summed E-state index contributed by atoms with van der Waals surface area (Å²) in [4.78, 5) is 0. The van der Waals surface area contributed by atoms with Crippen molar-refractivity contribution in [1.29, 1.82) is 0 Å². The molecule has 0 aliphatic carbocycles. The van der Waals surface area contributed by atoms with Crippen molar-refractivity contribution in [3.63, 3.8) is 0 Å². The van der Waals surface area contributed by atoms with Crippen molar-refractivity contribution < 1.29 is 0 Å². The summed E-state index contributed by atoms with van der Waals surface area (Å²) in [5.74, 6) is 0. The molecule has 0 saturated carbocycles. The molecule has 0 aliphatic heterocycles. The molecule has 1 N–H and O–H groups in total. The largest absolute Gasteiger partial charge is 0.314 e. The molecular formula is C15H21N3. The van der Waals surface area contributed by atoms with Crippen LogP contribution in [0.4, 0.5) is 0 Å². The molecule has 18 heavy (non-hydrogen) atoms. The summed E-state index contributed by atoms with van der Waals surface area (Å²) in [7, 11) is 0. The molecule has 96 valence electrons. The summed E-state index contributed by atoms with van der Waals surface area (Å²) in [5.41, 5.74) is 2.09. The smallest absolute Gasteiger partial charge is 0.0724 e. The zero-order chi connectivity index (χ0) is 13.0. The fourth-order valence-electron chi connectivity index (χ4n) is 2.20. The highest BCUT2D eigenvalue weighted by Gasteiger charge is 2.09. The third-order valence-electron chi connectivity index (χ3n) is 3.19. The van der Waals surface area contributed by atoms with Crippen LogP contribution in [-0.4, -0.2) is 22.8 Å². The predicted octanol–water partition coefficient (Wildman–Crippen LogP) is 2.87. The van der Waals surface area contributed by atoms with Crippen molar-refractivity contribution in [1.82, 2.24) is 15.5 Å². The van der Waals surface area contributed by atoms with Gasteiger partial charge in [0.1, 0.15) is 0 Å². The van der Waals surface area contributed by atoms with Gasteiger partial charge < -0.3 is 5.32 Å². The number of nitrogens with zero attached hydrogens (tertiary/aromatic N) is 2. The second kappa shape index (κ2) is 5.91. The van der Waals surface area contributed by atoms with Crippen molar-refractivity contribution in [2.45, 2.75) is 39.7 Å². The predicted molar refractivity (Wildman–Crippen MR) is 75.7 cm³/mol. The number of aryl methyl sites for hydroxylation is 1. The number of hydrogen-bond acceptors (Lipinski definition) is 3. The molecule has 2 aromatic rings. The van der Waals surface area contributed by atoms with E-state index in [0.29, 0.717) is 6.04 Å². The Morgan fingerprint density at radius 2 is 1.89 bits per heavy atom. The fourth-order valence-corrected chi connectivity index (χ4v) is 2.20. The Balaban J connectivity index is 2.26. The van der Waals surface area contributed by atoms with Crippen LogP contribution in [0, 0.1) is 6.92 Å². The van der Waals surface area contributed by atoms with Gasteiger partial charge in [-0.25, -0.2) is 0 Å². The van der Waals surface area contributed by atoms with Crippen molar-refractivity contribution in [2.24, 2.45) is 0 Å². The minimum atomic E-state index is 0.436. The van der Waals surface area contributed by atoms with Gasteiger partial charge in [-0.1, -0.05) is 31.2 Å². The average molecular weight is 243 g/mol. The lowest BCUT2D eigenvalue weighted by Crippen LogP contribution is -2.29. The quantitative estimate of drug-likeness (QED) is 0.877. The van der Waals surface area contributed by atoms with Crippen molar-refractivity contribution in [2.75, 3.05) is 6.54 Å². The molecule has 0 radical (unpaired) electrons. The van der Waals surface area contributed by atoms with Gasteiger partial charge >= 0.3 is 0 Å². The molecule has 2 rings (SSSR count). The van der Waals surface area contributed by atoms with Gasteiger partial charge in [0.2, 0.25) is 0 Å². The summed E-state index contributed by atoms with van der Waals surface area (Å²) in [5, 5.41) is 14.6. The lowest BCUT2D eigenvalue weighted by Gasteiger charge is -2.14. The highest BCUT2D eigenvalue weighted by atomic mass is 15.1. The van der Waals surface area contributed by atoms with E-state index < -0.39 is 0 Å². The summed E-state index contributed by atoms with van der Waals surface area (Å²) < 4.78 is 0. The van der Waals surface area contributed by atoms with E-state index in [1.165, 1.54) is 10.8 Å². The van der Waals surface area contributed by atoms with Crippen molar-refractivity contribution >= 4 is 10.8 Å². The molecule has 0 saturated heterocycles. The summed E-state index contributed by atoms with van der Waals surface area (Å²) >= 11 is 0. The van der Waals surface area contributed by atoms with E-state index in [1.54, 1.807) is 0 Å². The van der Waals surface area contributed by atoms with Crippen LogP contribution in [0.15, 0.2) is 24.3 Å². The highest BCUT2D eigenvalue weighted by molar-refractivity contribution is 5.86. The van der Waals surface area contributed by atoms with E-state index in [-0.39, 0.29) is 0 Å². The van der Waals surface area contributed by atoms with E-state index in [0.717, 1.165) is 30.8 Å². The number of benzene rings is 1. The molecule has 0 spiro atoms. The molecule has 1 atom stereocenters. The van der Waals surface area contributed by atoms with Gasteiger partial charge in [0.05, 0.1) is 11.4 Å². The molecule has 0 amide bonds. The van der Waals surface area contributed by atoms with Crippen molar-refractivity contribution in [3.05, 3.63) is 35.7 Å². The number of fused-ring (bicyclic) bond motifs is 1. The van der Waals surface area contributed by atoms with Crippen LogP contribution < -0.4 is 5.32 Å². The maximum atomic E-state index is 4.36. The normalized spacial score (nSPS) is 12.8. The Morgan fingerprint density at radius 1 is 1.17 bits per heavy atom. The lowest BCUT2D eigenvalue weighted by atomic mass is 10.0. The molecule has 0 aliphatic rings. The van der Waals surface area contributed by atoms with E-state index in [4.69, 9.17) is 0 Å². The molecule has 3 heteroatoms. The van der Waals surface area contributed by atoms with Crippen LogP contribution >= 0.6 is 0 Å². The van der Waals surface area contributed by atoms with Gasteiger partial charge in [-0.15, -0.1) is 0 Å². The Hall–Kier alpha value is -1.48. The molecule has 0 bridgehead atoms. The van der Waals surface area contributed by atoms with Gasteiger partial charge in [0.15, 0.2) is 0 Å². The zero-order valence-corrected chi connectivity index (χ0v) is 11.4. The second-order valence-corrected chi connectivity index (χ2v) is 4.84. The maximum absolute atomic E-state index is 4.36. The summed E-state index contributed by atoms with van der Waals surface area (Å²) in [6.07, 6.45) is 2.08. The van der Waals surface area contributed by atoms with Crippen LogP contribution in [0.5, 0.6) is 0 Å². The monoisotopic (exact) mass is 243 g/mol. The number of aromatic nitrogens is 2. The fraction of sp³-hybridized carbons (Fsp3) is 0.467. The van der Waals surface area contributed by atoms with Crippen LogP contribution in [0.25, 0.3) is 10.8 Å². The van der Waals surface area contributed by atoms with E-state index in [9.17, 15) is 0 Å². The minimum Gasteiger partial charge on any atom is -0.314 e. The topological polar surface area (TPSA) is 37.8 Å². The molecule has 1 aromatic heterocycles. The van der Waals surface area contributed by atoms with Gasteiger partial charge in [-0.05, 0) is 26.8 Å². The third-order valence-corrected chi connectivity index (χ3v) is 3.19. The van der Waals surface area contributed by atoms with Crippen LogP contribution in [0.1, 0.15) is 31.7 Å². The summed E-state index contributed by atoms with van der Waals surface area (Å²) in [6.45, 7) is 7.45. The molecular weight excluding hydrogens is 222 g/mol. The number of rotatable bonds is 5. The summed E-state index contributed by atoms with van der Waals surface area (Å²) in [6, 6.07) is 8.81. The minimum absolute atomic E-state index is 0.436. The Bertz CT molecular complexity index is 522. The highest BCUT2D eigenvalue weighted by Crippen LogP contribution is 2.19. The first-order chi connectivity index (χ1) is 8.72. The molecule has 1 unspecified atom stereocenters. The lowest BCUT2D eigenvalue weighted by molar-refractivity contribution is 0.538. The number of hydrogen-bond donors (Lipinski definition) is 1. The zero-order valence-electron chi connectivity index (χ0n) is 11.4. The first kappa shape index (κ1) is 13.0. The maximum Gasteiger partial charge on any atom is 0.0724 e. The van der Waals surface area contributed by atoms with Crippen LogP contribution in [0.3, 0.4) is 0 Å². The van der Waals surface area contributed by atoms with Gasteiger partial charge in [0.25, 0.3) is 0 Å². The Labute approximate surface area is 109 Å². The van der Waals surface area contributed by atoms with Crippen LogP contribution in [0.2, 0.25) is 0 Å². The van der Waals surface area contributed by atoms with E-state index in [1.807, 2.05) is 6.92 Å². The molecule has 0 fully saturated rings. The van der Waals surface area contributed by atoms with Crippen LogP contribution in [-0.2, 0) is 6.42 Å². The SMILES string of the molecule is CCCNC(C)Cc1nnc(C)c2ccccc12. The third kappa shape index (κ3) is 2.85. The van der Waals surface area contributed by atoms with Gasteiger partial charge in [0, 0.05) is 23.2 Å². The Kier molecular flexibility index (Phi) is 4.26. The molecule has 1 heterocycles. The van der Waals surface area contributed by atoms with E-state index in [2.05, 4.69) is 53.6 Å². The van der Waals surface area contributed by atoms with Gasteiger partial charge in [-0.2, -0.15) is 10.2 Å². The second-order valence-electron chi connectivity index (χ2n) is 4.84. The molecule has 1 aromatic carbocycles. The van der Waals surface area contributed by atoms with Crippen molar-refractivity contribution in [3.8, 4) is 0 Å². The first-order valence-electron chi connectivity index (χ1n) is 6.66. The number of nitrogens with one attached hydrogen (secondary N) is 1. The van der Waals surface area contributed by atoms with Gasteiger partial charge in [-0.3, -0.25) is 0 Å².